The van der Waals surface area contributed by atoms with Crippen LogP contribution in [-0.2, 0) is 14.3 Å². The fraction of sp³-hybridized carbons (Fsp3) is 0.667. The summed E-state index contributed by atoms with van der Waals surface area (Å²) < 4.78 is 166. The first-order valence-electron chi connectivity index (χ1n) is 5.17. The van der Waals surface area contributed by atoms with Crippen molar-refractivity contribution >= 4 is 5.97 Å². The quantitative estimate of drug-likeness (QED) is 0.285. The standard InChI is InChI=1S/C9H3F13O3/c1-2-3(23)24-9(22,25-8(20,21)7(17,18)19)5(12,13)4(10,11)6(14,15)16/h2H,1H2. The topological polar surface area (TPSA) is 35.5 Å². The fourth-order valence-corrected chi connectivity index (χ4v) is 0.908. The molecule has 0 aromatic rings. The average Bonchev–Trinajstić information content (AvgIpc) is 2.34. The van der Waals surface area contributed by atoms with Gasteiger partial charge in [-0.1, -0.05) is 6.58 Å². The van der Waals surface area contributed by atoms with E-state index in [0.29, 0.717) is 0 Å². The summed E-state index contributed by atoms with van der Waals surface area (Å²) >= 11 is 0. The molecule has 148 valence electrons. The maximum atomic E-state index is 13.6. The smallest absolute Gasteiger partial charge is 0.396 e. The summed E-state index contributed by atoms with van der Waals surface area (Å²) in [7, 11) is 0. The van der Waals surface area contributed by atoms with Crippen molar-refractivity contribution in [3.8, 4) is 0 Å². The second-order valence-electron chi connectivity index (χ2n) is 3.92. The minimum Gasteiger partial charge on any atom is -0.396 e. The molecule has 0 spiro atoms. The van der Waals surface area contributed by atoms with Crippen molar-refractivity contribution in [2.24, 2.45) is 0 Å². The Hall–Kier alpha value is -1.74. The van der Waals surface area contributed by atoms with Crippen LogP contribution in [0.1, 0.15) is 0 Å². The molecular formula is C9H3F13O3. The Morgan fingerprint density at radius 1 is 0.720 bits per heavy atom. The van der Waals surface area contributed by atoms with Gasteiger partial charge in [0.2, 0.25) is 0 Å². The SMILES string of the molecule is C=CC(=O)OC(F)(OC(F)(F)C(F)(F)F)C(F)(F)C(F)(F)C(F)(F)F. The largest absolute Gasteiger partial charge is 0.483 e. The minimum absolute atomic E-state index is 0.425. The highest BCUT2D eigenvalue weighted by molar-refractivity contribution is 5.81. The van der Waals surface area contributed by atoms with Gasteiger partial charge in [-0.05, 0) is 0 Å². The maximum absolute atomic E-state index is 13.6. The lowest BCUT2D eigenvalue weighted by Crippen LogP contribution is -2.66. The van der Waals surface area contributed by atoms with Gasteiger partial charge in [-0.3, -0.25) is 0 Å². The summed E-state index contributed by atoms with van der Waals surface area (Å²) in [6.07, 6.45) is -21.9. The van der Waals surface area contributed by atoms with Gasteiger partial charge in [-0.15, -0.1) is 0 Å². The van der Waals surface area contributed by atoms with Gasteiger partial charge in [0.15, 0.2) is 0 Å². The van der Waals surface area contributed by atoms with Gasteiger partial charge in [0.1, 0.15) is 0 Å². The summed E-state index contributed by atoms with van der Waals surface area (Å²) in [5.74, 6) is -17.9. The summed E-state index contributed by atoms with van der Waals surface area (Å²) in [4.78, 5) is 10.5. The van der Waals surface area contributed by atoms with Crippen LogP contribution in [0.15, 0.2) is 12.7 Å². The molecule has 25 heavy (non-hydrogen) atoms. The first-order valence-corrected chi connectivity index (χ1v) is 5.17. The lowest BCUT2D eigenvalue weighted by atomic mass is 10.1. The molecule has 3 nitrogen and oxygen atoms in total. The summed E-state index contributed by atoms with van der Waals surface area (Å²) in [5, 5.41) is 0. The summed E-state index contributed by atoms with van der Waals surface area (Å²) in [5.41, 5.74) is 0. The van der Waals surface area contributed by atoms with Crippen LogP contribution in [-0.4, -0.2) is 42.3 Å². The van der Waals surface area contributed by atoms with Crippen LogP contribution in [0.2, 0.25) is 0 Å². The van der Waals surface area contributed by atoms with Crippen LogP contribution in [0.4, 0.5) is 57.1 Å². The maximum Gasteiger partial charge on any atom is 0.483 e. The Morgan fingerprint density at radius 3 is 1.40 bits per heavy atom. The molecule has 1 atom stereocenters. The van der Waals surface area contributed by atoms with E-state index in [1.807, 2.05) is 0 Å². The van der Waals surface area contributed by atoms with E-state index in [2.05, 4.69) is 11.3 Å². The number of hydrogen-bond donors (Lipinski definition) is 0. The molecule has 0 saturated carbocycles. The third-order valence-electron chi connectivity index (χ3n) is 2.11. The second-order valence-corrected chi connectivity index (χ2v) is 3.92. The van der Waals surface area contributed by atoms with E-state index in [1.165, 1.54) is 0 Å². The lowest BCUT2D eigenvalue weighted by Gasteiger charge is -2.38. The van der Waals surface area contributed by atoms with E-state index in [4.69, 9.17) is 0 Å². The average molecular weight is 406 g/mol. The van der Waals surface area contributed by atoms with Gasteiger partial charge >= 0.3 is 42.3 Å². The molecule has 0 aliphatic heterocycles. The normalized spacial score (nSPS) is 17.0. The summed E-state index contributed by atoms with van der Waals surface area (Å²) in [6, 6.07) is -6.89. The second kappa shape index (κ2) is 6.21. The predicted octanol–water partition coefficient (Wildman–Crippen LogP) is 4.34. The van der Waals surface area contributed by atoms with Crippen molar-refractivity contribution in [3.63, 3.8) is 0 Å². The molecule has 0 saturated heterocycles. The molecule has 0 bridgehead atoms. The molecule has 1 unspecified atom stereocenters. The van der Waals surface area contributed by atoms with E-state index < -0.39 is 48.4 Å². The molecule has 0 rings (SSSR count). The molecule has 0 aromatic heterocycles. The van der Waals surface area contributed by atoms with Crippen molar-refractivity contribution in [2.75, 3.05) is 0 Å². The minimum atomic E-state index is -7.60. The highest BCUT2D eigenvalue weighted by Gasteiger charge is 2.86. The third kappa shape index (κ3) is 4.09. The first-order chi connectivity index (χ1) is 10.7. The van der Waals surface area contributed by atoms with Crippen LogP contribution in [0.25, 0.3) is 0 Å². The zero-order valence-electron chi connectivity index (χ0n) is 10.9. The van der Waals surface area contributed by atoms with Crippen LogP contribution in [0.3, 0.4) is 0 Å². The lowest BCUT2D eigenvalue weighted by molar-refractivity contribution is -0.528. The molecule has 0 heterocycles. The van der Waals surface area contributed by atoms with E-state index >= 15 is 0 Å². The Morgan fingerprint density at radius 2 is 1.12 bits per heavy atom. The third-order valence-corrected chi connectivity index (χ3v) is 2.11. The van der Waals surface area contributed by atoms with Crippen molar-refractivity contribution in [3.05, 3.63) is 12.7 Å². The van der Waals surface area contributed by atoms with Crippen LogP contribution < -0.4 is 0 Å². The number of alkyl halides is 13. The van der Waals surface area contributed by atoms with Crippen LogP contribution >= 0.6 is 0 Å². The Bertz CT molecular complexity index is 520. The first kappa shape index (κ1) is 23.3. The number of esters is 1. The zero-order valence-corrected chi connectivity index (χ0v) is 10.9. The molecule has 0 aromatic carbocycles. The van der Waals surface area contributed by atoms with E-state index in [-0.39, 0.29) is 0 Å². The van der Waals surface area contributed by atoms with Gasteiger partial charge in [-0.25, -0.2) is 9.53 Å². The van der Waals surface area contributed by atoms with E-state index in [0.717, 1.165) is 0 Å². The number of carbonyl (C=O) groups is 1. The molecule has 0 N–H and O–H groups in total. The number of carbonyl (C=O) groups excluding carboxylic acids is 1. The van der Waals surface area contributed by atoms with Gasteiger partial charge in [0, 0.05) is 6.08 Å². The van der Waals surface area contributed by atoms with Crippen molar-refractivity contribution < 1.29 is 71.3 Å². The molecule has 0 aliphatic rings. The van der Waals surface area contributed by atoms with Crippen molar-refractivity contribution in [1.29, 1.82) is 0 Å². The predicted molar refractivity (Wildman–Crippen MR) is 48.2 cm³/mol. The molecular weight excluding hydrogens is 403 g/mol. The molecule has 16 heteroatoms. The molecule has 0 amide bonds. The molecule has 0 radical (unpaired) electrons. The van der Waals surface area contributed by atoms with Crippen molar-refractivity contribution in [2.45, 2.75) is 36.3 Å². The van der Waals surface area contributed by atoms with E-state index in [9.17, 15) is 61.9 Å². The van der Waals surface area contributed by atoms with Gasteiger partial charge < -0.3 is 4.74 Å². The Balaban J connectivity index is 6.34. The number of hydrogen-bond acceptors (Lipinski definition) is 3. The molecule has 0 fully saturated rings. The summed E-state index contributed by atoms with van der Waals surface area (Å²) in [6.45, 7) is 2.32. The molecule has 0 aliphatic carbocycles. The fourth-order valence-electron chi connectivity index (χ4n) is 0.908. The number of halogens is 13. The van der Waals surface area contributed by atoms with Gasteiger partial charge in [-0.2, -0.15) is 57.1 Å². The van der Waals surface area contributed by atoms with Crippen molar-refractivity contribution in [1.82, 2.24) is 0 Å². The zero-order chi connectivity index (χ0) is 20.7. The van der Waals surface area contributed by atoms with Crippen LogP contribution in [0, 0.1) is 0 Å². The Labute approximate surface area is 128 Å². The van der Waals surface area contributed by atoms with Gasteiger partial charge in [0.25, 0.3) is 0 Å². The van der Waals surface area contributed by atoms with Crippen LogP contribution in [0.5, 0.6) is 0 Å². The number of ether oxygens (including phenoxy) is 2. The highest BCUT2D eigenvalue weighted by atomic mass is 19.4. The monoisotopic (exact) mass is 406 g/mol. The van der Waals surface area contributed by atoms with Gasteiger partial charge in [0.05, 0.1) is 0 Å². The van der Waals surface area contributed by atoms with E-state index in [1.54, 1.807) is 4.74 Å². The highest BCUT2D eigenvalue weighted by Crippen LogP contribution is 2.55. The Kier molecular flexibility index (Phi) is 5.78. The number of rotatable bonds is 6.